The molecule has 2 fully saturated rings. The highest BCUT2D eigenvalue weighted by atomic mass is 15.1. The predicted octanol–water partition coefficient (Wildman–Crippen LogP) is 2.63. The zero-order valence-electron chi connectivity index (χ0n) is 12.0. The Labute approximate surface area is 121 Å². The minimum atomic E-state index is 0.0776. The van der Waals surface area contributed by atoms with E-state index in [1.165, 1.54) is 43.4 Å². The molecule has 3 aliphatic heterocycles. The van der Waals surface area contributed by atoms with Gasteiger partial charge in [-0.15, -0.1) is 0 Å². The van der Waals surface area contributed by atoms with Gasteiger partial charge in [0.2, 0.25) is 0 Å². The molecule has 4 aliphatic rings. The maximum Gasteiger partial charge on any atom is 0.0699 e. The Balaban J connectivity index is 1.76. The van der Waals surface area contributed by atoms with Gasteiger partial charge in [0.1, 0.15) is 0 Å². The van der Waals surface area contributed by atoms with E-state index in [9.17, 15) is 5.26 Å². The monoisotopic (exact) mass is 269 g/mol. The highest BCUT2D eigenvalue weighted by molar-refractivity contribution is 5.47. The average molecular weight is 269 g/mol. The van der Waals surface area contributed by atoms with Crippen molar-refractivity contribution in [3.05, 3.63) is 22.9 Å². The number of allylic oxidation sites excluding steroid dienone is 1. The van der Waals surface area contributed by atoms with Gasteiger partial charge in [0, 0.05) is 18.2 Å². The van der Waals surface area contributed by atoms with Gasteiger partial charge in [0.05, 0.1) is 17.5 Å². The van der Waals surface area contributed by atoms with E-state index in [0.29, 0.717) is 5.92 Å². The van der Waals surface area contributed by atoms with Gasteiger partial charge >= 0.3 is 0 Å². The van der Waals surface area contributed by atoms with E-state index in [0.717, 1.165) is 25.9 Å². The van der Waals surface area contributed by atoms with Crippen LogP contribution >= 0.6 is 0 Å². The summed E-state index contributed by atoms with van der Waals surface area (Å²) >= 11 is 0. The summed E-state index contributed by atoms with van der Waals surface area (Å²) in [4.78, 5) is 0. The molecule has 0 radical (unpaired) electrons. The quantitative estimate of drug-likeness (QED) is 0.769. The Morgan fingerprint density at radius 3 is 3.05 bits per heavy atom. The molecular weight excluding hydrogens is 246 g/mol. The lowest BCUT2D eigenvalue weighted by atomic mass is 9.63. The van der Waals surface area contributed by atoms with Crippen molar-refractivity contribution in [3.63, 3.8) is 0 Å². The zero-order chi connectivity index (χ0) is 13.6. The summed E-state index contributed by atoms with van der Waals surface area (Å²) in [6, 6.07) is 2.62. The minimum Gasteiger partial charge on any atom is -0.381 e. The second kappa shape index (κ2) is 4.63. The topological polar surface area (TPSA) is 47.9 Å². The molecule has 4 rings (SSSR count). The van der Waals surface area contributed by atoms with Gasteiger partial charge in [0.15, 0.2) is 0 Å². The summed E-state index contributed by atoms with van der Waals surface area (Å²) < 4.78 is 0. The number of fused-ring (bicyclic) bond motifs is 1. The van der Waals surface area contributed by atoms with E-state index >= 15 is 0 Å². The summed E-state index contributed by atoms with van der Waals surface area (Å²) in [5.74, 6) is 0.788. The lowest BCUT2D eigenvalue weighted by Crippen LogP contribution is -2.55. The Morgan fingerprint density at radius 1 is 1.30 bits per heavy atom. The van der Waals surface area contributed by atoms with Crippen LogP contribution in [0, 0.1) is 23.2 Å². The lowest BCUT2D eigenvalue weighted by molar-refractivity contribution is 0.131. The van der Waals surface area contributed by atoms with Gasteiger partial charge < -0.3 is 10.6 Å². The molecule has 20 heavy (non-hydrogen) atoms. The van der Waals surface area contributed by atoms with Gasteiger partial charge in [-0.25, -0.2) is 0 Å². The molecule has 2 bridgehead atoms. The van der Waals surface area contributed by atoms with Crippen molar-refractivity contribution in [1.29, 1.82) is 5.26 Å². The third-order valence-electron chi connectivity index (χ3n) is 5.83. The van der Waals surface area contributed by atoms with Crippen LogP contribution in [0.3, 0.4) is 0 Å². The fraction of sp³-hybridized carbons (Fsp3) is 0.706. The summed E-state index contributed by atoms with van der Waals surface area (Å²) in [5, 5.41) is 17.0. The summed E-state index contributed by atoms with van der Waals surface area (Å²) in [6.45, 7) is 2.13. The Bertz CT molecular complexity index is 525. The number of hydrogen-bond acceptors (Lipinski definition) is 3. The maximum absolute atomic E-state index is 9.61. The van der Waals surface area contributed by atoms with Crippen molar-refractivity contribution in [2.75, 3.05) is 13.1 Å². The first-order chi connectivity index (χ1) is 9.85. The minimum absolute atomic E-state index is 0.0776. The molecule has 3 unspecified atom stereocenters. The molecule has 2 N–H and O–H groups in total. The summed E-state index contributed by atoms with van der Waals surface area (Å²) in [6.07, 6.45) is 10.8. The summed E-state index contributed by atoms with van der Waals surface area (Å²) in [5.41, 5.74) is 4.66. The van der Waals surface area contributed by atoms with E-state index in [1.54, 1.807) is 5.57 Å². The standard InChI is InChI=1S/C17H23N3/c18-10-13-5-1-6-14-16(12-4-3-9-19-11-12)15-7-2-8-17(13,14)20-15/h4,13-14,19-20H,1-3,5-9,11H2. The predicted molar refractivity (Wildman–Crippen MR) is 78.8 cm³/mol. The number of nitrogens with one attached hydrogen (secondary N) is 2. The fourth-order valence-electron chi connectivity index (χ4n) is 5.03. The Morgan fingerprint density at radius 2 is 2.25 bits per heavy atom. The van der Waals surface area contributed by atoms with Crippen molar-refractivity contribution >= 4 is 0 Å². The average Bonchev–Trinajstić information content (AvgIpc) is 2.74. The molecule has 1 aliphatic carbocycles. The third-order valence-corrected chi connectivity index (χ3v) is 5.83. The molecule has 0 aromatic carbocycles. The molecule has 3 heteroatoms. The number of nitriles is 1. The molecule has 1 saturated carbocycles. The van der Waals surface area contributed by atoms with Gasteiger partial charge in [0.25, 0.3) is 0 Å². The van der Waals surface area contributed by atoms with E-state index in [2.05, 4.69) is 22.8 Å². The van der Waals surface area contributed by atoms with E-state index in [-0.39, 0.29) is 11.5 Å². The SMILES string of the molecule is N#CC1CCCC2C(C3=CCCNC3)=C3CCCC12N3. The van der Waals surface area contributed by atoms with E-state index < -0.39 is 0 Å². The van der Waals surface area contributed by atoms with Crippen LogP contribution in [0.1, 0.15) is 44.9 Å². The fourth-order valence-corrected chi connectivity index (χ4v) is 5.03. The van der Waals surface area contributed by atoms with Crippen LogP contribution < -0.4 is 10.6 Å². The van der Waals surface area contributed by atoms with Crippen molar-refractivity contribution in [3.8, 4) is 6.07 Å². The first kappa shape index (κ1) is 12.5. The molecule has 1 spiro atoms. The van der Waals surface area contributed by atoms with Gasteiger partial charge in [-0.1, -0.05) is 12.5 Å². The lowest BCUT2D eigenvalue weighted by Gasteiger charge is -2.46. The molecule has 0 amide bonds. The molecule has 3 atom stereocenters. The largest absolute Gasteiger partial charge is 0.381 e. The summed E-state index contributed by atoms with van der Waals surface area (Å²) in [7, 11) is 0. The van der Waals surface area contributed by atoms with Crippen molar-refractivity contribution < 1.29 is 0 Å². The van der Waals surface area contributed by atoms with Crippen molar-refractivity contribution in [2.45, 2.75) is 50.5 Å². The first-order valence-corrected chi connectivity index (χ1v) is 8.16. The van der Waals surface area contributed by atoms with E-state index in [1.807, 2.05) is 0 Å². The van der Waals surface area contributed by atoms with Crippen LogP contribution in [0.2, 0.25) is 0 Å². The Hall–Kier alpha value is -1.27. The molecular formula is C17H23N3. The van der Waals surface area contributed by atoms with Gasteiger partial charge in [-0.05, 0) is 56.2 Å². The maximum atomic E-state index is 9.61. The normalized spacial score (nSPS) is 39.6. The smallest absolute Gasteiger partial charge is 0.0699 e. The van der Waals surface area contributed by atoms with Crippen LogP contribution in [-0.4, -0.2) is 18.6 Å². The van der Waals surface area contributed by atoms with Crippen molar-refractivity contribution in [2.24, 2.45) is 11.8 Å². The molecule has 1 saturated heterocycles. The number of nitrogens with zero attached hydrogens (tertiary/aromatic N) is 1. The Kier molecular flexibility index (Phi) is 2.89. The molecule has 3 heterocycles. The highest BCUT2D eigenvalue weighted by Crippen LogP contribution is 2.54. The molecule has 106 valence electrons. The van der Waals surface area contributed by atoms with Crippen LogP contribution in [0.4, 0.5) is 0 Å². The third kappa shape index (κ3) is 1.61. The highest BCUT2D eigenvalue weighted by Gasteiger charge is 2.55. The van der Waals surface area contributed by atoms with Gasteiger partial charge in [-0.3, -0.25) is 0 Å². The second-order valence-electron chi connectivity index (χ2n) is 6.77. The van der Waals surface area contributed by atoms with Crippen LogP contribution in [0.15, 0.2) is 22.9 Å². The number of rotatable bonds is 1. The van der Waals surface area contributed by atoms with Crippen LogP contribution in [-0.2, 0) is 0 Å². The van der Waals surface area contributed by atoms with E-state index in [4.69, 9.17) is 0 Å². The molecule has 0 aromatic rings. The molecule has 0 aromatic heterocycles. The second-order valence-corrected chi connectivity index (χ2v) is 6.77. The molecule has 3 nitrogen and oxygen atoms in total. The first-order valence-electron chi connectivity index (χ1n) is 8.16. The van der Waals surface area contributed by atoms with Crippen LogP contribution in [0.5, 0.6) is 0 Å². The number of hydrogen-bond donors (Lipinski definition) is 2. The van der Waals surface area contributed by atoms with Gasteiger partial charge in [-0.2, -0.15) is 5.26 Å². The van der Waals surface area contributed by atoms with Crippen molar-refractivity contribution in [1.82, 2.24) is 10.6 Å². The zero-order valence-corrected chi connectivity index (χ0v) is 12.0. The van der Waals surface area contributed by atoms with Crippen LogP contribution in [0.25, 0.3) is 0 Å². The number of piperidine rings is 1.